The van der Waals surface area contributed by atoms with Gasteiger partial charge in [-0.1, -0.05) is 30.3 Å². The molecule has 1 aliphatic rings. The van der Waals surface area contributed by atoms with Crippen LogP contribution in [0, 0.1) is 0 Å². The van der Waals surface area contributed by atoms with Crippen molar-refractivity contribution in [3.63, 3.8) is 0 Å². The molecular formula is C17H28N2O. The van der Waals surface area contributed by atoms with E-state index in [0.717, 1.165) is 32.3 Å². The van der Waals surface area contributed by atoms with Crippen molar-refractivity contribution in [1.82, 2.24) is 5.43 Å². The van der Waals surface area contributed by atoms with E-state index in [1.165, 1.54) is 31.2 Å². The highest BCUT2D eigenvalue weighted by Crippen LogP contribution is 2.19. The lowest BCUT2D eigenvalue weighted by atomic mass is 9.98. The van der Waals surface area contributed by atoms with Crippen LogP contribution in [-0.4, -0.2) is 18.8 Å². The van der Waals surface area contributed by atoms with E-state index in [1.807, 2.05) is 0 Å². The first-order valence-corrected chi connectivity index (χ1v) is 8.00. The monoisotopic (exact) mass is 276 g/mol. The summed E-state index contributed by atoms with van der Waals surface area (Å²) in [6, 6.07) is 11.1. The van der Waals surface area contributed by atoms with Crippen LogP contribution in [0.5, 0.6) is 0 Å². The number of aryl methyl sites for hydroxylation is 1. The summed E-state index contributed by atoms with van der Waals surface area (Å²) in [6.07, 6.45) is 9.96. The van der Waals surface area contributed by atoms with Gasteiger partial charge < -0.3 is 4.74 Å². The van der Waals surface area contributed by atoms with Crippen LogP contribution < -0.4 is 11.3 Å². The fourth-order valence-electron chi connectivity index (χ4n) is 2.93. The standard InChI is InChI=1S/C17H28N2O/c18-19-16(12-13-17-11-4-5-14-20-17)10-6-9-15-7-2-1-3-8-15/h1-3,7-8,16-17,19H,4-6,9-14,18H2. The predicted octanol–water partition coefficient (Wildman–Crippen LogP) is 3.19. The third kappa shape index (κ3) is 5.61. The summed E-state index contributed by atoms with van der Waals surface area (Å²) in [4.78, 5) is 0. The second-order valence-electron chi connectivity index (χ2n) is 5.81. The highest BCUT2D eigenvalue weighted by molar-refractivity contribution is 5.14. The molecule has 1 aliphatic heterocycles. The van der Waals surface area contributed by atoms with Crippen LogP contribution in [0.2, 0.25) is 0 Å². The predicted molar refractivity (Wildman–Crippen MR) is 83.3 cm³/mol. The minimum Gasteiger partial charge on any atom is -0.378 e. The van der Waals surface area contributed by atoms with Gasteiger partial charge in [0.2, 0.25) is 0 Å². The van der Waals surface area contributed by atoms with Gasteiger partial charge in [-0.05, 0) is 56.9 Å². The van der Waals surface area contributed by atoms with Crippen LogP contribution in [0.25, 0.3) is 0 Å². The summed E-state index contributed by atoms with van der Waals surface area (Å²) in [5.41, 5.74) is 4.39. The second-order valence-corrected chi connectivity index (χ2v) is 5.81. The molecule has 1 fully saturated rings. The molecule has 0 aromatic heterocycles. The van der Waals surface area contributed by atoms with Gasteiger partial charge in [0.25, 0.3) is 0 Å². The van der Waals surface area contributed by atoms with Gasteiger partial charge in [-0.25, -0.2) is 0 Å². The Kier molecular flexibility index (Phi) is 7.06. The highest BCUT2D eigenvalue weighted by Gasteiger charge is 2.16. The number of nitrogens with two attached hydrogens (primary N) is 1. The molecule has 0 amide bonds. The summed E-state index contributed by atoms with van der Waals surface area (Å²) in [7, 11) is 0. The van der Waals surface area contributed by atoms with Gasteiger partial charge in [-0.2, -0.15) is 0 Å². The Hall–Kier alpha value is -0.900. The third-order valence-corrected chi connectivity index (χ3v) is 4.21. The van der Waals surface area contributed by atoms with Crippen molar-refractivity contribution in [3.05, 3.63) is 35.9 Å². The fraction of sp³-hybridized carbons (Fsp3) is 0.647. The van der Waals surface area contributed by atoms with Gasteiger partial charge in [0, 0.05) is 12.6 Å². The average molecular weight is 276 g/mol. The zero-order valence-corrected chi connectivity index (χ0v) is 12.4. The molecule has 0 bridgehead atoms. The van der Waals surface area contributed by atoms with Crippen molar-refractivity contribution >= 4 is 0 Å². The van der Waals surface area contributed by atoms with Crippen molar-refractivity contribution in [3.8, 4) is 0 Å². The summed E-state index contributed by atoms with van der Waals surface area (Å²) in [5, 5.41) is 0. The maximum absolute atomic E-state index is 5.78. The Labute approximate surface area is 122 Å². The van der Waals surface area contributed by atoms with E-state index < -0.39 is 0 Å². The van der Waals surface area contributed by atoms with Gasteiger partial charge in [-0.3, -0.25) is 11.3 Å². The minimum absolute atomic E-state index is 0.421. The smallest absolute Gasteiger partial charge is 0.0575 e. The molecule has 112 valence electrons. The maximum atomic E-state index is 5.78. The van der Waals surface area contributed by atoms with Crippen LogP contribution >= 0.6 is 0 Å². The first-order chi connectivity index (χ1) is 9.88. The fourth-order valence-corrected chi connectivity index (χ4v) is 2.93. The molecule has 1 saturated heterocycles. The molecule has 2 rings (SSSR count). The SMILES string of the molecule is NNC(CCCc1ccccc1)CCC1CCCCO1. The molecule has 1 aromatic rings. The molecule has 0 aliphatic carbocycles. The van der Waals surface area contributed by atoms with Crippen molar-refractivity contribution in [1.29, 1.82) is 0 Å². The van der Waals surface area contributed by atoms with Crippen LogP contribution in [0.4, 0.5) is 0 Å². The van der Waals surface area contributed by atoms with Crippen molar-refractivity contribution in [2.75, 3.05) is 6.61 Å². The third-order valence-electron chi connectivity index (χ3n) is 4.21. The minimum atomic E-state index is 0.421. The van der Waals surface area contributed by atoms with E-state index in [4.69, 9.17) is 10.6 Å². The summed E-state index contributed by atoms with van der Waals surface area (Å²) in [6.45, 7) is 0.944. The van der Waals surface area contributed by atoms with Gasteiger partial charge in [-0.15, -0.1) is 0 Å². The van der Waals surface area contributed by atoms with Gasteiger partial charge >= 0.3 is 0 Å². The highest BCUT2D eigenvalue weighted by atomic mass is 16.5. The zero-order chi connectivity index (χ0) is 14.0. The summed E-state index contributed by atoms with van der Waals surface area (Å²) < 4.78 is 5.78. The van der Waals surface area contributed by atoms with Gasteiger partial charge in [0.1, 0.15) is 0 Å². The normalized spacial score (nSPS) is 20.8. The molecule has 3 nitrogen and oxygen atoms in total. The number of ether oxygens (including phenoxy) is 1. The zero-order valence-electron chi connectivity index (χ0n) is 12.4. The Morgan fingerprint density at radius 3 is 2.75 bits per heavy atom. The lowest BCUT2D eigenvalue weighted by Gasteiger charge is -2.24. The number of nitrogens with one attached hydrogen (secondary N) is 1. The lowest BCUT2D eigenvalue weighted by Crippen LogP contribution is -2.36. The average Bonchev–Trinajstić information content (AvgIpc) is 2.52. The quantitative estimate of drug-likeness (QED) is 0.566. The van der Waals surface area contributed by atoms with Crippen LogP contribution in [0.1, 0.15) is 50.5 Å². The van der Waals surface area contributed by atoms with E-state index in [1.54, 1.807) is 0 Å². The van der Waals surface area contributed by atoms with Crippen molar-refractivity contribution in [2.24, 2.45) is 5.84 Å². The first kappa shape index (κ1) is 15.5. The second kappa shape index (κ2) is 9.11. The molecule has 3 N–H and O–H groups in total. The van der Waals surface area contributed by atoms with Crippen molar-refractivity contribution in [2.45, 2.75) is 63.5 Å². The number of rotatable bonds is 8. The van der Waals surface area contributed by atoms with Crippen molar-refractivity contribution < 1.29 is 4.74 Å². The van der Waals surface area contributed by atoms with E-state index in [9.17, 15) is 0 Å². The van der Waals surface area contributed by atoms with Gasteiger partial charge in [0.15, 0.2) is 0 Å². The van der Waals surface area contributed by atoms with E-state index in [2.05, 4.69) is 35.8 Å². The largest absolute Gasteiger partial charge is 0.378 e. The number of hydrazine groups is 1. The Morgan fingerprint density at radius 1 is 1.20 bits per heavy atom. The number of benzene rings is 1. The maximum Gasteiger partial charge on any atom is 0.0575 e. The number of hydrogen-bond acceptors (Lipinski definition) is 3. The molecule has 0 radical (unpaired) electrons. The molecule has 1 aromatic carbocycles. The molecule has 3 heteroatoms. The van der Waals surface area contributed by atoms with E-state index in [0.29, 0.717) is 12.1 Å². The number of hydrogen-bond donors (Lipinski definition) is 2. The molecule has 2 atom stereocenters. The van der Waals surface area contributed by atoms with E-state index >= 15 is 0 Å². The Balaban J connectivity index is 1.61. The lowest BCUT2D eigenvalue weighted by molar-refractivity contribution is 0.00842. The topological polar surface area (TPSA) is 47.3 Å². The molecule has 20 heavy (non-hydrogen) atoms. The van der Waals surface area contributed by atoms with Crippen LogP contribution in [-0.2, 0) is 11.2 Å². The molecule has 0 spiro atoms. The first-order valence-electron chi connectivity index (χ1n) is 8.00. The summed E-state index contributed by atoms with van der Waals surface area (Å²) >= 11 is 0. The summed E-state index contributed by atoms with van der Waals surface area (Å²) in [5.74, 6) is 5.68. The molecule has 0 saturated carbocycles. The van der Waals surface area contributed by atoms with E-state index in [-0.39, 0.29) is 0 Å². The van der Waals surface area contributed by atoms with Gasteiger partial charge in [0.05, 0.1) is 6.10 Å². The molecule has 2 unspecified atom stereocenters. The van der Waals surface area contributed by atoms with Crippen LogP contribution in [0.15, 0.2) is 30.3 Å². The molecular weight excluding hydrogens is 248 g/mol. The Morgan fingerprint density at radius 2 is 2.05 bits per heavy atom. The van der Waals surface area contributed by atoms with Crippen LogP contribution in [0.3, 0.4) is 0 Å². The Bertz CT molecular complexity index is 349. The molecule has 1 heterocycles.